The quantitative estimate of drug-likeness (QED) is 0.737. The maximum atomic E-state index is 11.5. The SMILES string of the molecule is C[C@]12CCC(O)CC1CC[C@@H]1[C@H]2CC[C@]2(C)C(C=O)CC[C@@H]12. The molecule has 124 valence electrons. The molecule has 0 bridgehead atoms. The van der Waals surface area contributed by atoms with Crippen LogP contribution < -0.4 is 0 Å². The van der Waals surface area contributed by atoms with E-state index in [9.17, 15) is 9.90 Å². The Labute approximate surface area is 135 Å². The van der Waals surface area contributed by atoms with Gasteiger partial charge in [0.15, 0.2) is 0 Å². The van der Waals surface area contributed by atoms with Gasteiger partial charge in [-0.2, -0.15) is 0 Å². The van der Waals surface area contributed by atoms with Gasteiger partial charge in [-0.05, 0) is 92.3 Å². The van der Waals surface area contributed by atoms with Crippen LogP contribution in [0.5, 0.6) is 0 Å². The molecule has 1 N–H and O–H groups in total. The van der Waals surface area contributed by atoms with Gasteiger partial charge in [0, 0.05) is 5.92 Å². The predicted octanol–water partition coefficient (Wildman–Crippen LogP) is 4.21. The second kappa shape index (κ2) is 5.06. The minimum Gasteiger partial charge on any atom is -0.393 e. The van der Waals surface area contributed by atoms with Gasteiger partial charge in [0.2, 0.25) is 0 Å². The van der Waals surface area contributed by atoms with Crippen molar-refractivity contribution in [3.8, 4) is 0 Å². The Morgan fingerprint density at radius 3 is 2.41 bits per heavy atom. The molecule has 2 heteroatoms. The summed E-state index contributed by atoms with van der Waals surface area (Å²) in [7, 11) is 0. The minimum absolute atomic E-state index is 0.0468. The summed E-state index contributed by atoms with van der Waals surface area (Å²) < 4.78 is 0. The van der Waals surface area contributed by atoms with Gasteiger partial charge in [-0.25, -0.2) is 0 Å². The van der Waals surface area contributed by atoms with E-state index < -0.39 is 0 Å². The van der Waals surface area contributed by atoms with Crippen LogP contribution >= 0.6 is 0 Å². The van der Waals surface area contributed by atoms with E-state index in [1.165, 1.54) is 44.8 Å². The number of hydrogen-bond donors (Lipinski definition) is 1. The van der Waals surface area contributed by atoms with Crippen LogP contribution in [-0.4, -0.2) is 17.5 Å². The zero-order valence-electron chi connectivity index (χ0n) is 14.3. The topological polar surface area (TPSA) is 37.3 Å². The van der Waals surface area contributed by atoms with Crippen molar-refractivity contribution < 1.29 is 9.90 Å². The molecule has 4 fully saturated rings. The molecule has 4 rings (SSSR count). The third kappa shape index (κ3) is 1.92. The molecule has 0 heterocycles. The van der Waals surface area contributed by atoms with E-state index in [2.05, 4.69) is 13.8 Å². The van der Waals surface area contributed by atoms with Crippen LogP contribution in [0.25, 0.3) is 0 Å². The summed E-state index contributed by atoms with van der Waals surface area (Å²) in [5.41, 5.74) is 0.753. The summed E-state index contributed by atoms with van der Waals surface area (Å²) in [4.78, 5) is 11.5. The summed E-state index contributed by atoms with van der Waals surface area (Å²) in [6.07, 6.45) is 12.2. The Morgan fingerprint density at radius 1 is 0.909 bits per heavy atom. The zero-order valence-corrected chi connectivity index (χ0v) is 14.3. The third-order valence-corrected chi connectivity index (χ3v) is 8.88. The van der Waals surface area contributed by atoms with E-state index in [-0.39, 0.29) is 6.10 Å². The fourth-order valence-corrected chi connectivity index (χ4v) is 7.50. The number of aldehydes is 1. The largest absolute Gasteiger partial charge is 0.393 e. The Kier molecular flexibility index (Phi) is 3.49. The van der Waals surface area contributed by atoms with Crippen molar-refractivity contribution in [2.24, 2.45) is 40.4 Å². The molecule has 0 aromatic carbocycles. The van der Waals surface area contributed by atoms with Gasteiger partial charge in [0.1, 0.15) is 6.29 Å². The molecule has 3 unspecified atom stereocenters. The normalized spacial score (nSPS) is 57.6. The van der Waals surface area contributed by atoms with E-state index in [0.717, 1.165) is 42.9 Å². The highest BCUT2D eigenvalue weighted by molar-refractivity contribution is 5.56. The molecule has 4 saturated carbocycles. The molecule has 0 aliphatic heterocycles. The summed E-state index contributed by atoms with van der Waals surface area (Å²) in [5.74, 6) is 3.54. The second-order valence-electron chi connectivity index (χ2n) is 9.45. The Bertz CT molecular complexity index is 461. The fraction of sp³-hybridized carbons (Fsp3) is 0.950. The first-order valence-electron chi connectivity index (χ1n) is 9.62. The molecule has 0 saturated heterocycles. The average molecular weight is 304 g/mol. The number of fused-ring (bicyclic) bond motifs is 5. The molecule has 0 aromatic rings. The van der Waals surface area contributed by atoms with Crippen molar-refractivity contribution in [2.75, 3.05) is 0 Å². The van der Waals surface area contributed by atoms with Gasteiger partial charge in [-0.1, -0.05) is 13.8 Å². The van der Waals surface area contributed by atoms with Gasteiger partial charge < -0.3 is 9.90 Å². The van der Waals surface area contributed by atoms with Crippen LogP contribution in [-0.2, 0) is 4.79 Å². The lowest BCUT2D eigenvalue weighted by molar-refractivity contribution is -0.133. The maximum Gasteiger partial charge on any atom is 0.123 e. The Morgan fingerprint density at radius 2 is 1.64 bits per heavy atom. The first-order chi connectivity index (χ1) is 10.5. The lowest BCUT2D eigenvalue weighted by Gasteiger charge is -2.60. The highest BCUT2D eigenvalue weighted by Gasteiger charge is 2.59. The van der Waals surface area contributed by atoms with Gasteiger partial charge in [-0.3, -0.25) is 0 Å². The highest BCUT2D eigenvalue weighted by Crippen LogP contribution is 2.67. The molecule has 4 aliphatic carbocycles. The fourth-order valence-electron chi connectivity index (χ4n) is 7.50. The predicted molar refractivity (Wildman–Crippen MR) is 87.3 cm³/mol. The number of carbonyl (C=O) groups excluding carboxylic acids is 1. The van der Waals surface area contributed by atoms with Crippen LogP contribution in [0.3, 0.4) is 0 Å². The van der Waals surface area contributed by atoms with Gasteiger partial charge in [0.05, 0.1) is 6.10 Å². The van der Waals surface area contributed by atoms with Crippen molar-refractivity contribution in [1.29, 1.82) is 0 Å². The Hall–Kier alpha value is -0.370. The number of aliphatic hydroxyl groups excluding tert-OH is 1. The third-order valence-electron chi connectivity index (χ3n) is 8.88. The molecule has 0 amide bonds. The highest BCUT2D eigenvalue weighted by atomic mass is 16.3. The standard InChI is InChI=1S/C20H32O2/c1-19-9-7-15(22)11-13(19)3-5-16-17-6-4-14(12-21)20(17,2)10-8-18(16)19/h12-18,22H,3-11H2,1-2H3/t13?,14?,15?,16-,17-,18+,19-,20+/m0/s1. The van der Waals surface area contributed by atoms with Crippen LogP contribution in [0.2, 0.25) is 0 Å². The molecular weight excluding hydrogens is 272 g/mol. The van der Waals surface area contributed by atoms with Crippen molar-refractivity contribution in [2.45, 2.75) is 77.7 Å². The van der Waals surface area contributed by atoms with Gasteiger partial charge in [-0.15, -0.1) is 0 Å². The van der Waals surface area contributed by atoms with Gasteiger partial charge >= 0.3 is 0 Å². The van der Waals surface area contributed by atoms with Crippen molar-refractivity contribution in [3.63, 3.8) is 0 Å². The summed E-state index contributed by atoms with van der Waals surface area (Å²) in [5, 5.41) is 10.1. The molecule has 8 atom stereocenters. The molecule has 2 nitrogen and oxygen atoms in total. The summed E-state index contributed by atoms with van der Waals surface area (Å²) >= 11 is 0. The lowest BCUT2D eigenvalue weighted by Crippen LogP contribution is -2.54. The van der Waals surface area contributed by atoms with E-state index in [4.69, 9.17) is 0 Å². The van der Waals surface area contributed by atoms with Gasteiger partial charge in [0.25, 0.3) is 0 Å². The molecule has 0 spiro atoms. The van der Waals surface area contributed by atoms with E-state index in [1.807, 2.05) is 0 Å². The van der Waals surface area contributed by atoms with Crippen LogP contribution in [0.1, 0.15) is 71.6 Å². The van der Waals surface area contributed by atoms with E-state index in [1.54, 1.807) is 0 Å². The Balaban J connectivity index is 1.62. The lowest BCUT2D eigenvalue weighted by atomic mass is 9.45. The average Bonchev–Trinajstić information content (AvgIpc) is 2.84. The minimum atomic E-state index is -0.0468. The summed E-state index contributed by atoms with van der Waals surface area (Å²) in [6.45, 7) is 4.95. The zero-order chi connectivity index (χ0) is 15.5. The first kappa shape index (κ1) is 15.2. The van der Waals surface area contributed by atoms with E-state index >= 15 is 0 Å². The number of aliphatic hydroxyl groups is 1. The van der Waals surface area contributed by atoms with Crippen molar-refractivity contribution in [3.05, 3.63) is 0 Å². The number of hydrogen-bond acceptors (Lipinski definition) is 2. The van der Waals surface area contributed by atoms with Crippen molar-refractivity contribution in [1.82, 2.24) is 0 Å². The molecule has 0 radical (unpaired) electrons. The van der Waals surface area contributed by atoms with Crippen LogP contribution in [0.4, 0.5) is 0 Å². The van der Waals surface area contributed by atoms with E-state index in [0.29, 0.717) is 16.7 Å². The number of rotatable bonds is 1. The monoisotopic (exact) mass is 304 g/mol. The van der Waals surface area contributed by atoms with Crippen LogP contribution in [0.15, 0.2) is 0 Å². The maximum absolute atomic E-state index is 11.5. The van der Waals surface area contributed by atoms with Crippen LogP contribution in [0, 0.1) is 40.4 Å². The van der Waals surface area contributed by atoms with Crippen molar-refractivity contribution >= 4 is 6.29 Å². The second-order valence-corrected chi connectivity index (χ2v) is 9.45. The molecule has 4 aliphatic rings. The smallest absolute Gasteiger partial charge is 0.123 e. The summed E-state index contributed by atoms with van der Waals surface area (Å²) in [6, 6.07) is 0. The molecule has 22 heavy (non-hydrogen) atoms. The molecule has 0 aromatic heterocycles. The number of carbonyl (C=O) groups is 1. The first-order valence-corrected chi connectivity index (χ1v) is 9.62. The molecular formula is C20H32O2.